The van der Waals surface area contributed by atoms with Crippen molar-refractivity contribution in [1.82, 2.24) is 9.71 Å². The molecular weight excluding hydrogens is 307 g/mol. The van der Waals surface area contributed by atoms with Crippen molar-refractivity contribution in [2.45, 2.75) is 19.2 Å². The third kappa shape index (κ3) is 4.51. The first-order valence-corrected chi connectivity index (χ1v) is 8.27. The molecule has 0 unspecified atom stereocenters. The lowest BCUT2D eigenvalue weighted by molar-refractivity contribution is 0.391. The second kappa shape index (κ2) is 6.85. The Morgan fingerprint density at radius 1 is 1.27 bits per heavy atom. The molecule has 0 amide bonds. The van der Waals surface area contributed by atoms with Crippen LogP contribution >= 0.6 is 0 Å². The van der Waals surface area contributed by atoms with Crippen molar-refractivity contribution in [3.63, 3.8) is 0 Å². The van der Waals surface area contributed by atoms with E-state index in [1.807, 2.05) is 6.92 Å². The highest BCUT2D eigenvalue weighted by Crippen LogP contribution is 2.16. The Hall–Kier alpha value is -1.99. The van der Waals surface area contributed by atoms with Crippen molar-refractivity contribution >= 4 is 10.0 Å². The Labute approximate surface area is 129 Å². The predicted molar refractivity (Wildman–Crippen MR) is 81.4 cm³/mol. The summed E-state index contributed by atoms with van der Waals surface area (Å²) in [5, 5.41) is 0. The molecule has 1 aromatic carbocycles. The second-order valence-electron chi connectivity index (χ2n) is 4.83. The molecule has 0 atom stereocenters. The molecular formula is C15H17FN2O3S. The number of nitrogens with zero attached hydrogens (tertiary/aromatic N) is 1. The standard InChI is InChI=1S/C15H17FN2O3S/c1-11-6-7-13(15(18-11)21-2)9-17-22(19,20)10-12-4-3-5-14(16)8-12/h3-8,17H,9-10H2,1-2H3. The van der Waals surface area contributed by atoms with E-state index in [0.717, 1.165) is 5.69 Å². The number of ether oxygens (including phenoxy) is 1. The maximum atomic E-state index is 13.1. The largest absolute Gasteiger partial charge is 0.481 e. The van der Waals surface area contributed by atoms with Crippen LogP contribution in [0.2, 0.25) is 0 Å². The molecule has 1 N–H and O–H groups in total. The minimum absolute atomic E-state index is 0.0636. The van der Waals surface area contributed by atoms with Crippen LogP contribution in [0, 0.1) is 12.7 Å². The molecule has 0 aliphatic carbocycles. The summed E-state index contributed by atoms with van der Waals surface area (Å²) in [6, 6.07) is 9.05. The number of hydrogen-bond acceptors (Lipinski definition) is 4. The van der Waals surface area contributed by atoms with E-state index in [9.17, 15) is 12.8 Å². The molecule has 0 spiro atoms. The van der Waals surface area contributed by atoms with Gasteiger partial charge < -0.3 is 4.74 Å². The molecule has 118 valence electrons. The minimum Gasteiger partial charge on any atom is -0.481 e. The van der Waals surface area contributed by atoms with Crippen molar-refractivity contribution in [3.05, 3.63) is 59.0 Å². The van der Waals surface area contributed by atoms with E-state index in [1.165, 1.54) is 25.3 Å². The highest BCUT2D eigenvalue weighted by Gasteiger charge is 2.14. The number of hydrogen-bond donors (Lipinski definition) is 1. The van der Waals surface area contributed by atoms with Crippen molar-refractivity contribution in [1.29, 1.82) is 0 Å². The zero-order chi connectivity index (χ0) is 16.2. The summed E-state index contributed by atoms with van der Waals surface area (Å²) in [5.41, 5.74) is 1.81. The highest BCUT2D eigenvalue weighted by molar-refractivity contribution is 7.88. The van der Waals surface area contributed by atoms with Gasteiger partial charge in [-0.3, -0.25) is 0 Å². The molecule has 0 radical (unpaired) electrons. The fraction of sp³-hybridized carbons (Fsp3) is 0.267. The van der Waals surface area contributed by atoms with Gasteiger partial charge in [-0.1, -0.05) is 18.2 Å². The Kier molecular flexibility index (Phi) is 5.10. The lowest BCUT2D eigenvalue weighted by Gasteiger charge is -2.10. The van der Waals surface area contributed by atoms with Crippen molar-refractivity contribution < 1.29 is 17.5 Å². The molecule has 0 aliphatic rings. The highest BCUT2D eigenvalue weighted by atomic mass is 32.2. The summed E-state index contributed by atoms with van der Waals surface area (Å²) in [6.45, 7) is 1.88. The zero-order valence-corrected chi connectivity index (χ0v) is 13.2. The molecule has 0 fully saturated rings. The van der Waals surface area contributed by atoms with Gasteiger partial charge in [-0.15, -0.1) is 0 Å². The van der Waals surface area contributed by atoms with Gasteiger partial charge >= 0.3 is 0 Å². The Balaban J connectivity index is 2.07. The van der Waals surface area contributed by atoms with E-state index in [2.05, 4.69) is 9.71 Å². The van der Waals surface area contributed by atoms with E-state index >= 15 is 0 Å². The molecule has 5 nitrogen and oxygen atoms in total. The summed E-state index contributed by atoms with van der Waals surface area (Å²) in [5.74, 6) is -0.364. The molecule has 0 bridgehead atoms. The number of pyridine rings is 1. The van der Waals surface area contributed by atoms with Gasteiger partial charge in [-0.2, -0.15) is 0 Å². The van der Waals surface area contributed by atoms with Crippen LogP contribution < -0.4 is 9.46 Å². The fourth-order valence-corrected chi connectivity index (χ4v) is 3.05. The molecule has 1 aromatic heterocycles. The molecule has 0 saturated heterocycles. The number of rotatable bonds is 6. The van der Waals surface area contributed by atoms with E-state index in [-0.39, 0.29) is 12.3 Å². The Morgan fingerprint density at radius 2 is 2.05 bits per heavy atom. The van der Waals surface area contributed by atoms with Gasteiger partial charge in [-0.25, -0.2) is 22.5 Å². The van der Waals surface area contributed by atoms with Gasteiger partial charge in [0.1, 0.15) is 5.82 Å². The van der Waals surface area contributed by atoms with Crippen LogP contribution in [0.3, 0.4) is 0 Å². The molecule has 0 aliphatic heterocycles. The number of sulfonamides is 1. The first-order chi connectivity index (χ1) is 10.4. The third-order valence-corrected chi connectivity index (χ3v) is 4.30. The lowest BCUT2D eigenvalue weighted by Crippen LogP contribution is -2.25. The number of benzene rings is 1. The molecule has 22 heavy (non-hydrogen) atoms. The van der Waals surface area contributed by atoms with Crippen LogP contribution in [0.1, 0.15) is 16.8 Å². The molecule has 1 heterocycles. The number of methoxy groups -OCH3 is 1. The van der Waals surface area contributed by atoms with Gasteiger partial charge in [0.15, 0.2) is 0 Å². The SMILES string of the molecule is COc1nc(C)ccc1CNS(=O)(=O)Cc1cccc(F)c1. The summed E-state index contributed by atoms with van der Waals surface area (Å²) in [4.78, 5) is 4.18. The Bertz CT molecular complexity index is 763. The average molecular weight is 324 g/mol. The molecule has 0 saturated carbocycles. The average Bonchev–Trinajstić information content (AvgIpc) is 2.45. The van der Waals surface area contributed by atoms with Crippen molar-refractivity contribution in [3.8, 4) is 5.88 Å². The van der Waals surface area contributed by atoms with Crippen LogP contribution in [-0.2, 0) is 22.3 Å². The van der Waals surface area contributed by atoms with Crippen molar-refractivity contribution in [2.24, 2.45) is 0 Å². The number of halogens is 1. The topological polar surface area (TPSA) is 68.3 Å². The summed E-state index contributed by atoms with van der Waals surface area (Å²) in [7, 11) is -2.11. The van der Waals surface area contributed by atoms with Gasteiger partial charge in [0, 0.05) is 17.8 Å². The number of aromatic nitrogens is 1. The van der Waals surface area contributed by atoms with Crippen LogP contribution in [0.4, 0.5) is 4.39 Å². The molecule has 2 aromatic rings. The monoisotopic (exact) mass is 324 g/mol. The molecule has 2 rings (SSSR count). The molecule has 7 heteroatoms. The van der Waals surface area contributed by atoms with Crippen LogP contribution in [0.15, 0.2) is 36.4 Å². The maximum Gasteiger partial charge on any atom is 0.217 e. The Morgan fingerprint density at radius 3 is 2.73 bits per heavy atom. The normalized spacial score (nSPS) is 11.4. The third-order valence-electron chi connectivity index (χ3n) is 3.00. The van der Waals surface area contributed by atoms with E-state index in [1.54, 1.807) is 18.2 Å². The van der Waals surface area contributed by atoms with E-state index in [4.69, 9.17) is 4.74 Å². The second-order valence-corrected chi connectivity index (χ2v) is 6.64. The van der Waals surface area contributed by atoms with E-state index < -0.39 is 15.8 Å². The summed E-state index contributed by atoms with van der Waals surface area (Å²) < 4.78 is 44.8. The first kappa shape index (κ1) is 16.4. The summed E-state index contributed by atoms with van der Waals surface area (Å²) >= 11 is 0. The lowest BCUT2D eigenvalue weighted by atomic mass is 10.2. The van der Waals surface area contributed by atoms with Crippen LogP contribution in [0.5, 0.6) is 5.88 Å². The zero-order valence-electron chi connectivity index (χ0n) is 12.3. The van der Waals surface area contributed by atoms with Gasteiger partial charge in [-0.05, 0) is 30.7 Å². The van der Waals surface area contributed by atoms with Gasteiger partial charge in [0.25, 0.3) is 0 Å². The van der Waals surface area contributed by atoms with Crippen LogP contribution in [-0.4, -0.2) is 20.5 Å². The number of aryl methyl sites for hydroxylation is 1. The quantitative estimate of drug-likeness (QED) is 0.884. The number of nitrogens with one attached hydrogen (secondary N) is 1. The fourth-order valence-electron chi connectivity index (χ4n) is 1.96. The first-order valence-electron chi connectivity index (χ1n) is 6.62. The predicted octanol–water partition coefficient (Wildman–Crippen LogP) is 2.16. The summed E-state index contributed by atoms with van der Waals surface area (Å²) in [6.07, 6.45) is 0. The van der Waals surface area contributed by atoms with Crippen LogP contribution in [0.25, 0.3) is 0 Å². The van der Waals surface area contributed by atoms with Gasteiger partial charge in [0.2, 0.25) is 15.9 Å². The van der Waals surface area contributed by atoms with E-state index in [0.29, 0.717) is 17.0 Å². The minimum atomic E-state index is -3.58. The smallest absolute Gasteiger partial charge is 0.217 e. The van der Waals surface area contributed by atoms with Gasteiger partial charge in [0.05, 0.1) is 12.9 Å². The van der Waals surface area contributed by atoms with Crippen molar-refractivity contribution in [2.75, 3.05) is 7.11 Å². The maximum absolute atomic E-state index is 13.1.